The number of hydrogen-bond donors (Lipinski definition) is 2. The van der Waals surface area contributed by atoms with Gasteiger partial charge < -0.3 is 5.73 Å². The highest BCUT2D eigenvalue weighted by Gasteiger charge is 2.07. The van der Waals surface area contributed by atoms with E-state index in [4.69, 9.17) is 11.1 Å². The van der Waals surface area contributed by atoms with Crippen molar-refractivity contribution in [2.45, 2.75) is 17.0 Å². The summed E-state index contributed by atoms with van der Waals surface area (Å²) in [4.78, 5) is 9.52. The van der Waals surface area contributed by atoms with Gasteiger partial charge in [0.15, 0.2) is 5.16 Å². The van der Waals surface area contributed by atoms with Gasteiger partial charge in [0, 0.05) is 26.8 Å². The predicted octanol–water partition coefficient (Wildman–Crippen LogP) is 2.98. The van der Waals surface area contributed by atoms with Crippen molar-refractivity contribution < 1.29 is 0 Å². The van der Waals surface area contributed by atoms with Gasteiger partial charge in [0.25, 0.3) is 0 Å². The first-order valence-corrected chi connectivity index (χ1v) is 6.78. The zero-order valence-electron chi connectivity index (χ0n) is 9.64. The lowest BCUT2D eigenvalue weighted by molar-refractivity contribution is 0.932. The molecular weight excluding hydrogens is 312 g/mol. The van der Waals surface area contributed by atoms with Gasteiger partial charge in [-0.3, -0.25) is 5.41 Å². The average molecular weight is 323 g/mol. The molecule has 1 aromatic carbocycles. The molecule has 1 heterocycles. The molecular formula is C12H11BrN4S. The Morgan fingerprint density at radius 3 is 2.78 bits per heavy atom. The maximum atomic E-state index is 7.38. The maximum Gasteiger partial charge on any atom is 0.192 e. The zero-order chi connectivity index (χ0) is 13.1. The molecule has 0 spiro atoms. The molecule has 4 nitrogen and oxygen atoms in total. The fraction of sp³-hybridized carbons (Fsp3) is 0.0833. The van der Waals surface area contributed by atoms with E-state index < -0.39 is 0 Å². The van der Waals surface area contributed by atoms with Gasteiger partial charge in [-0.2, -0.15) is 0 Å². The number of aryl methyl sites for hydroxylation is 1. The Balaban J connectivity index is 2.27. The molecule has 1 aromatic heterocycles. The van der Waals surface area contributed by atoms with Crippen LogP contribution in [0.2, 0.25) is 0 Å². The number of hydrogen-bond acceptors (Lipinski definition) is 4. The lowest BCUT2D eigenvalue weighted by atomic mass is 10.2. The SMILES string of the molecule is Cc1ccnc(Sc2ccc(C(=N)N)cc2Br)n1. The van der Waals surface area contributed by atoms with E-state index in [-0.39, 0.29) is 5.84 Å². The molecule has 0 saturated heterocycles. The molecule has 0 aliphatic heterocycles. The normalized spacial score (nSPS) is 10.3. The minimum Gasteiger partial charge on any atom is -0.384 e. The summed E-state index contributed by atoms with van der Waals surface area (Å²) in [6.07, 6.45) is 1.74. The highest BCUT2D eigenvalue weighted by atomic mass is 79.9. The van der Waals surface area contributed by atoms with Crippen LogP contribution in [0.5, 0.6) is 0 Å². The van der Waals surface area contributed by atoms with Crippen LogP contribution in [0, 0.1) is 12.3 Å². The summed E-state index contributed by atoms with van der Waals surface area (Å²) in [7, 11) is 0. The Morgan fingerprint density at radius 2 is 2.17 bits per heavy atom. The number of aromatic nitrogens is 2. The summed E-state index contributed by atoms with van der Waals surface area (Å²) >= 11 is 4.93. The fourth-order valence-electron chi connectivity index (χ4n) is 1.32. The molecule has 0 aliphatic carbocycles. The summed E-state index contributed by atoms with van der Waals surface area (Å²) in [6, 6.07) is 7.39. The van der Waals surface area contributed by atoms with E-state index in [2.05, 4.69) is 25.9 Å². The van der Waals surface area contributed by atoms with Gasteiger partial charge in [0.2, 0.25) is 0 Å². The predicted molar refractivity (Wildman–Crippen MR) is 76.1 cm³/mol. The van der Waals surface area contributed by atoms with E-state index in [0.717, 1.165) is 15.1 Å². The molecule has 0 bridgehead atoms. The molecule has 6 heteroatoms. The molecule has 92 valence electrons. The Hall–Kier alpha value is -1.40. The van der Waals surface area contributed by atoms with E-state index >= 15 is 0 Å². The average Bonchev–Trinajstić information content (AvgIpc) is 2.31. The Bertz CT molecular complexity index is 600. The van der Waals surface area contributed by atoms with Crippen molar-refractivity contribution in [1.29, 1.82) is 5.41 Å². The first kappa shape index (κ1) is 13.0. The fourth-order valence-corrected chi connectivity index (χ4v) is 2.74. The van der Waals surface area contributed by atoms with Gasteiger partial charge in [-0.25, -0.2) is 9.97 Å². The van der Waals surface area contributed by atoms with Crippen molar-refractivity contribution in [2.75, 3.05) is 0 Å². The van der Waals surface area contributed by atoms with Crippen molar-refractivity contribution in [3.8, 4) is 0 Å². The van der Waals surface area contributed by atoms with Crippen LogP contribution in [-0.2, 0) is 0 Å². The second kappa shape index (κ2) is 5.49. The third-order valence-corrected chi connectivity index (χ3v) is 4.09. The van der Waals surface area contributed by atoms with E-state index in [1.54, 1.807) is 6.20 Å². The Kier molecular flexibility index (Phi) is 3.98. The minimum absolute atomic E-state index is 0.0547. The number of nitrogens with one attached hydrogen (secondary N) is 1. The van der Waals surface area contributed by atoms with Crippen molar-refractivity contribution >= 4 is 33.5 Å². The molecule has 0 aliphatic rings. The molecule has 0 amide bonds. The van der Waals surface area contributed by atoms with Crippen LogP contribution >= 0.6 is 27.7 Å². The minimum atomic E-state index is 0.0547. The van der Waals surface area contributed by atoms with E-state index in [1.807, 2.05) is 31.2 Å². The molecule has 0 saturated carbocycles. The van der Waals surface area contributed by atoms with E-state index in [9.17, 15) is 0 Å². The molecule has 2 aromatic rings. The topological polar surface area (TPSA) is 75.7 Å². The summed E-state index contributed by atoms with van der Waals surface area (Å²) in [5, 5.41) is 8.08. The lowest BCUT2D eigenvalue weighted by Crippen LogP contribution is -2.10. The number of rotatable bonds is 3. The largest absolute Gasteiger partial charge is 0.384 e. The Morgan fingerprint density at radius 1 is 1.39 bits per heavy atom. The van der Waals surface area contributed by atoms with Gasteiger partial charge >= 0.3 is 0 Å². The molecule has 2 rings (SSSR count). The molecule has 0 unspecified atom stereocenters. The quantitative estimate of drug-likeness (QED) is 0.517. The van der Waals surface area contributed by atoms with Gasteiger partial charge in [0.05, 0.1) is 0 Å². The summed E-state index contributed by atoms with van der Waals surface area (Å²) < 4.78 is 0.880. The maximum absolute atomic E-state index is 7.38. The monoisotopic (exact) mass is 322 g/mol. The molecule has 18 heavy (non-hydrogen) atoms. The first-order chi connectivity index (χ1) is 8.56. The van der Waals surface area contributed by atoms with Gasteiger partial charge in [-0.05, 0) is 52.8 Å². The lowest BCUT2D eigenvalue weighted by Gasteiger charge is -2.05. The number of benzene rings is 1. The van der Waals surface area contributed by atoms with Crippen LogP contribution in [0.25, 0.3) is 0 Å². The third-order valence-electron chi connectivity index (χ3n) is 2.22. The van der Waals surface area contributed by atoms with Crippen LogP contribution in [0.3, 0.4) is 0 Å². The summed E-state index contributed by atoms with van der Waals surface area (Å²) in [5.74, 6) is 0.0547. The smallest absolute Gasteiger partial charge is 0.192 e. The molecule has 0 atom stereocenters. The standard InChI is InChI=1S/C12H11BrN4S/c1-7-4-5-16-12(17-7)18-10-3-2-8(11(14)15)6-9(10)13/h2-6H,1H3,(H3,14,15). The van der Waals surface area contributed by atoms with Crippen molar-refractivity contribution in [2.24, 2.45) is 5.73 Å². The zero-order valence-corrected chi connectivity index (χ0v) is 12.0. The van der Waals surface area contributed by atoms with E-state index in [1.165, 1.54) is 11.8 Å². The van der Waals surface area contributed by atoms with Crippen LogP contribution < -0.4 is 5.73 Å². The third kappa shape index (κ3) is 3.08. The van der Waals surface area contributed by atoms with Gasteiger partial charge in [-0.15, -0.1) is 0 Å². The molecule has 3 N–H and O–H groups in total. The first-order valence-electron chi connectivity index (χ1n) is 5.17. The van der Waals surface area contributed by atoms with Crippen molar-refractivity contribution in [3.05, 3.63) is 46.2 Å². The van der Waals surface area contributed by atoms with Crippen LogP contribution in [0.1, 0.15) is 11.3 Å². The van der Waals surface area contributed by atoms with Crippen molar-refractivity contribution in [3.63, 3.8) is 0 Å². The molecule has 0 radical (unpaired) electrons. The number of nitrogen functional groups attached to an aromatic ring is 1. The highest BCUT2D eigenvalue weighted by Crippen LogP contribution is 2.32. The number of nitrogens with two attached hydrogens (primary N) is 1. The van der Waals surface area contributed by atoms with Gasteiger partial charge in [-0.1, -0.05) is 6.07 Å². The van der Waals surface area contributed by atoms with Crippen molar-refractivity contribution in [1.82, 2.24) is 9.97 Å². The number of nitrogens with zero attached hydrogens (tertiary/aromatic N) is 2. The Labute approximate surface area is 118 Å². The second-order valence-corrected chi connectivity index (χ2v) is 5.50. The van der Waals surface area contributed by atoms with Gasteiger partial charge in [0.1, 0.15) is 5.84 Å². The molecule has 0 fully saturated rings. The second-order valence-electron chi connectivity index (χ2n) is 3.64. The van der Waals surface area contributed by atoms with Crippen LogP contribution in [-0.4, -0.2) is 15.8 Å². The number of halogens is 1. The van der Waals surface area contributed by atoms with E-state index in [0.29, 0.717) is 10.7 Å². The van der Waals surface area contributed by atoms with Crippen LogP contribution in [0.4, 0.5) is 0 Å². The summed E-state index contributed by atoms with van der Waals surface area (Å²) in [5.41, 5.74) is 7.06. The summed E-state index contributed by atoms with van der Waals surface area (Å²) in [6.45, 7) is 1.93. The number of amidine groups is 1. The highest BCUT2D eigenvalue weighted by molar-refractivity contribution is 9.10. The van der Waals surface area contributed by atoms with Crippen LogP contribution in [0.15, 0.2) is 45.0 Å².